The van der Waals surface area contributed by atoms with Gasteiger partial charge in [-0.2, -0.15) is 0 Å². The maximum Gasteiger partial charge on any atom is 0.257 e. The highest BCUT2D eigenvalue weighted by molar-refractivity contribution is 6.33. The molecule has 4 N–H and O–H groups in total. The van der Waals surface area contributed by atoms with Crippen LogP contribution in [0.4, 0.5) is 17.1 Å². The number of carbonyl (C=O) groups excluding carboxylic acids is 1. The number of rotatable bonds is 4. The van der Waals surface area contributed by atoms with Crippen molar-refractivity contribution in [3.63, 3.8) is 0 Å². The number of imidazole rings is 1. The second kappa shape index (κ2) is 9.00. The third-order valence-electron chi connectivity index (χ3n) is 5.93. The molecular weight excluding hydrogens is 450 g/mol. The number of H-pyrrole nitrogens is 1. The number of nitrogens with zero attached hydrogens (tertiary/aromatic N) is 2. The maximum atomic E-state index is 13.0. The summed E-state index contributed by atoms with van der Waals surface area (Å²) in [5, 5.41) is 3.47. The van der Waals surface area contributed by atoms with E-state index in [0.29, 0.717) is 33.3 Å². The fourth-order valence-electron chi connectivity index (χ4n) is 4.41. The Kier molecular flexibility index (Phi) is 5.89. The Balaban J connectivity index is 1.36. The standard InChI is InChI=1S/C26H26ClN5O2/c1-15-13-32(14-16(2)34-15)18-8-9-19(22(28)12-18)26(33)29-17-7-10-21(27)20(11-17)25-30-23-5-3-4-6-24(23)31-25/h3-12,15-16H,13-14,28H2,1-2H3,(H,29,33)(H,30,31)/t15-,16+. The van der Waals surface area contributed by atoms with Crippen LogP contribution in [0, 0.1) is 0 Å². The number of anilines is 3. The molecule has 3 aromatic carbocycles. The van der Waals surface area contributed by atoms with Crippen LogP contribution in [0.1, 0.15) is 24.2 Å². The number of para-hydroxylation sites is 2. The van der Waals surface area contributed by atoms with Crippen molar-refractivity contribution in [2.75, 3.05) is 29.0 Å². The Bertz CT molecular complexity index is 1330. The molecule has 0 aliphatic carbocycles. The zero-order valence-electron chi connectivity index (χ0n) is 19.0. The number of ether oxygens (including phenoxy) is 1. The minimum atomic E-state index is -0.286. The highest BCUT2D eigenvalue weighted by atomic mass is 35.5. The highest BCUT2D eigenvalue weighted by Gasteiger charge is 2.23. The normalized spacial score (nSPS) is 18.3. The molecule has 0 saturated carbocycles. The lowest BCUT2D eigenvalue weighted by Crippen LogP contribution is -2.45. The van der Waals surface area contributed by atoms with Gasteiger partial charge in [-0.05, 0) is 62.4 Å². The largest absolute Gasteiger partial charge is 0.398 e. The van der Waals surface area contributed by atoms with Crippen molar-refractivity contribution in [1.82, 2.24) is 9.97 Å². The van der Waals surface area contributed by atoms with Gasteiger partial charge in [0.25, 0.3) is 5.91 Å². The second-order valence-electron chi connectivity index (χ2n) is 8.69. The molecule has 1 aliphatic rings. The van der Waals surface area contributed by atoms with E-state index in [-0.39, 0.29) is 18.1 Å². The van der Waals surface area contributed by atoms with Crippen LogP contribution in [-0.4, -0.2) is 41.2 Å². The van der Waals surface area contributed by atoms with Crippen molar-refractivity contribution >= 4 is 45.6 Å². The van der Waals surface area contributed by atoms with Crippen LogP contribution in [0.5, 0.6) is 0 Å². The molecule has 1 amide bonds. The van der Waals surface area contributed by atoms with Gasteiger partial charge in [-0.3, -0.25) is 4.79 Å². The van der Waals surface area contributed by atoms with E-state index in [1.165, 1.54) is 0 Å². The number of carbonyl (C=O) groups is 1. The smallest absolute Gasteiger partial charge is 0.257 e. The summed E-state index contributed by atoms with van der Waals surface area (Å²) in [4.78, 5) is 23.1. The van der Waals surface area contributed by atoms with E-state index in [0.717, 1.165) is 29.8 Å². The van der Waals surface area contributed by atoms with Gasteiger partial charge in [0, 0.05) is 35.7 Å². The molecule has 8 heteroatoms. The molecule has 2 atom stereocenters. The minimum absolute atomic E-state index is 0.138. The number of nitrogens with two attached hydrogens (primary N) is 1. The van der Waals surface area contributed by atoms with Gasteiger partial charge >= 0.3 is 0 Å². The summed E-state index contributed by atoms with van der Waals surface area (Å²) in [6.07, 6.45) is 0.276. The lowest BCUT2D eigenvalue weighted by atomic mass is 10.1. The first-order valence-corrected chi connectivity index (χ1v) is 11.6. The lowest BCUT2D eigenvalue weighted by molar-refractivity contribution is -0.00521. The van der Waals surface area contributed by atoms with Crippen LogP contribution in [-0.2, 0) is 4.74 Å². The predicted octanol–water partition coefficient (Wildman–Crippen LogP) is 5.33. The minimum Gasteiger partial charge on any atom is -0.398 e. The summed E-state index contributed by atoms with van der Waals surface area (Å²) < 4.78 is 5.81. The summed E-state index contributed by atoms with van der Waals surface area (Å²) in [5.74, 6) is 0.353. The van der Waals surface area contributed by atoms with E-state index in [4.69, 9.17) is 22.1 Å². The molecule has 0 radical (unpaired) electrons. The van der Waals surface area contributed by atoms with E-state index in [2.05, 4.69) is 34.0 Å². The van der Waals surface area contributed by atoms with Gasteiger partial charge < -0.3 is 25.7 Å². The third kappa shape index (κ3) is 4.44. The number of morpholine rings is 1. The van der Waals surface area contributed by atoms with Crippen LogP contribution in [0.25, 0.3) is 22.4 Å². The quantitative estimate of drug-likeness (QED) is 0.346. The van der Waals surface area contributed by atoms with Crippen molar-refractivity contribution in [3.05, 3.63) is 71.2 Å². The van der Waals surface area contributed by atoms with Crippen LogP contribution in [0.3, 0.4) is 0 Å². The van der Waals surface area contributed by atoms with Crippen molar-refractivity contribution in [2.45, 2.75) is 26.1 Å². The summed E-state index contributed by atoms with van der Waals surface area (Å²) in [6, 6.07) is 18.6. The first-order chi connectivity index (χ1) is 16.4. The highest BCUT2D eigenvalue weighted by Crippen LogP contribution is 2.31. The monoisotopic (exact) mass is 475 g/mol. The van der Waals surface area contributed by atoms with Gasteiger partial charge in [0.15, 0.2) is 0 Å². The van der Waals surface area contributed by atoms with E-state index in [9.17, 15) is 4.79 Å². The number of amides is 1. The number of fused-ring (bicyclic) bond motifs is 1. The molecule has 4 aromatic rings. The summed E-state index contributed by atoms with van der Waals surface area (Å²) >= 11 is 6.44. The van der Waals surface area contributed by atoms with Gasteiger partial charge in [-0.15, -0.1) is 0 Å². The van der Waals surface area contributed by atoms with Gasteiger partial charge in [0.05, 0.1) is 33.8 Å². The number of nitrogens with one attached hydrogen (secondary N) is 2. The van der Waals surface area contributed by atoms with Crippen LogP contribution in [0.15, 0.2) is 60.7 Å². The van der Waals surface area contributed by atoms with Crippen molar-refractivity contribution in [1.29, 1.82) is 0 Å². The number of benzene rings is 3. The van der Waals surface area contributed by atoms with Gasteiger partial charge in [0.2, 0.25) is 0 Å². The van der Waals surface area contributed by atoms with Crippen molar-refractivity contribution < 1.29 is 9.53 Å². The van der Waals surface area contributed by atoms with Crippen molar-refractivity contribution in [2.24, 2.45) is 0 Å². The van der Waals surface area contributed by atoms with Crippen molar-refractivity contribution in [3.8, 4) is 11.4 Å². The molecular formula is C26H26ClN5O2. The van der Waals surface area contributed by atoms with Crippen LogP contribution in [0.2, 0.25) is 5.02 Å². The zero-order chi connectivity index (χ0) is 23.8. The fraction of sp³-hybridized carbons (Fsp3) is 0.231. The van der Waals surface area contributed by atoms with Crippen LogP contribution < -0.4 is 16.0 Å². The summed E-state index contributed by atoms with van der Waals surface area (Å²) in [6.45, 7) is 5.68. The Morgan fingerprint density at radius 2 is 1.88 bits per heavy atom. The Morgan fingerprint density at radius 3 is 2.62 bits per heavy atom. The number of aromatic amines is 1. The number of nitrogen functional groups attached to an aromatic ring is 1. The Hall–Kier alpha value is -3.55. The molecule has 1 saturated heterocycles. The molecule has 0 spiro atoms. The SMILES string of the molecule is C[C@@H]1CN(c2ccc(C(=O)Nc3ccc(Cl)c(-c4nc5ccccc5[nH]4)c3)c(N)c2)C[C@H](C)O1. The van der Waals surface area contributed by atoms with Crippen LogP contribution >= 0.6 is 11.6 Å². The summed E-state index contributed by atoms with van der Waals surface area (Å²) in [7, 11) is 0. The van der Waals surface area contributed by atoms with E-state index >= 15 is 0 Å². The van der Waals surface area contributed by atoms with E-state index in [1.54, 1.807) is 24.3 Å². The van der Waals surface area contributed by atoms with Gasteiger partial charge in [-0.25, -0.2) is 4.98 Å². The molecule has 0 bridgehead atoms. The Morgan fingerprint density at radius 1 is 1.12 bits per heavy atom. The number of aromatic nitrogens is 2. The molecule has 1 aromatic heterocycles. The molecule has 5 rings (SSSR count). The average Bonchev–Trinajstić information content (AvgIpc) is 3.23. The van der Waals surface area contributed by atoms with Gasteiger partial charge in [-0.1, -0.05) is 23.7 Å². The second-order valence-corrected chi connectivity index (χ2v) is 9.09. The molecule has 1 aliphatic heterocycles. The number of halogens is 1. The Labute approximate surface area is 202 Å². The van der Waals surface area contributed by atoms with E-state index < -0.39 is 0 Å². The fourth-order valence-corrected chi connectivity index (χ4v) is 4.61. The molecule has 0 unspecified atom stereocenters. The third-order valence-corrected chi connectivity index (χ3v) is 6.26. The van der Waals surface area contributed by atoms with Gasteiger partial charge in [0.1, 0.15) is 5.82 Å². The lowest BCUT2D eigenvalue weighted by Gasteiger charge is -2.37. The zero-order valence-corrected chi connectivity index (χ0v) is 19.8. The molecule has 2 heterocycles. The topological polar surface area (TPSA) is 96.3 Å². The first kappa shape index (κ1) is 22.3. The number of hydrogen-bond donors (Lipinski definition) is 3. The predicted molar refractivity (Wildman–Crippen MR) is 138 cm³/mol. The first-order valence-electron chi connectivity index (χ1n) is 11.2. The van der Waals surface area contributed by atoms with E-state index in [1.807, 2.05) is 36.4 Å². The average molecular weight is 476 g/mol. The molecule has 174 valence electrons. The molecule has 7 nitrogen and oxygen atoms in total. The number of hydrogen-bond acceptors (Lipinski definition) is 5. The summed E-state index contributed by atoms with van der Waals surface area (Å²) in [5.41, 5.74) is 11.2. The molecule has 1 fully saturated rings. The molecule has 34 heavy (non-hydrogen) atoms. The maximum absolute atomic E-state index is 13.0.